The maximum absolute atomic E-state index is 12.9. The van der Waals surface area contributed by atoms with E-state index in [4.69, 9.17) is 4.84 Å². The van der Waals surface area contributed by atoms with Crippen molar-refractivity contribution in [1.82, 2.24) is 15.2 Å². The number of amides is 2. The van der Waals surface area contributed by atoms with Gasteiger partial charge in [0.05, 0.1) is 5.56 Å². The molecule has 0 unspecified atom stereocenters. The Labute approximate surface area is 184 Å². The summed E-state index contributed by atoms with van der Waals surface area (Å²) in [5, 5.41) is 12.7. The van der Waals surface area contributed by atoms with Crippen molar-refractivity contribution in [2.75, 3.05) is 17.2 Å². The molecule has 4 aromatic rings. The highest BCUT2D eigenvalue weighted by Crippen LogP contribution is 2.30. The van der Waals surface area contributed by atoms with E-state index >= 15 is 0 Å². The lowest BCUT2D eigenvalue weighted by Gasteiger charge is -2.11. The zero-order valence-corrected chi connectivity index (χ0v) is 16.8. The van der Waals surface area contributed by atoms with E-state index in [2.05, 4.69) is 20.9 Å². The number of para-hydroxylation sites is 1. The third-order valence-electron chi connectivity index (χ3n) is 4.50. The fourth-order valence-electron chi connectivity index (χ4n) is 2.97. The van der Waals surface area contributed by atoms with Crippen LogP contribution in [0.5, 0.6) is 0 Å². The predicted octanol–water partition coefficient (Wildman–Crippen LogP) is 3.77. The van der Waals surface area contributed by atoms with Crippen LogP contribution in [-0.2, 0) is 11.0 Å². The maximum Gasteiger partial charge on any atom is 0.416 e. The molecule has 3 aromatic carbocycles. The third-order valence-corrected chi connectivity index (χ3v) is 4.50. The number of nitrogens with one attached hydrogen (secondary N) is 2. The lowest BCUT2D eigenvalue weighted by Crippen LogP contribution is -2.26. The van der Waals surface area contributed by atoms with Gasteiger partial charge in [0.1, 0.15) is 11.0 Å². The number of halogens is 3. The molecule has 1 aromatic heterocycles. The minimum absolute atomic E-state index is 0.00211. The summed E-state index contributed by atoms with van der Waals surface area (Å²) in [5.74, 6) is -1.14. The zero-order chi connectivity index (χ0) is 23.4. The van der Waals surface area contributed by atoms with Crippen LogP contribution >= 0.6 is 0 Å². The van der Waals surface area contributed by atoms with Crippen molar-refractivity contribution in [3.63, 3.8) is 0 Å². The Kier molecular flexibility index (Phi) is 5.94. The second kappa shape index (κ2) is 8.99. The van der Waals surface area contributed by atoms with Crippen LogP contribution in [0.3, 0.4) is 0 Å². The Hall–Kier alpha value is -4.41. The highest BCUT2D eigenvalue weighted by atomic mass is 19.4. The van der Waals surface area contributed by atoms with E-state index in [0.29, 0.717) is 16.7 Å². The summed E-state index contributed by atoms with van der Waals surface area (Å²) in [4.78, 5) is 31.2. The first-order valence-electron chi connectivity index (χ1n) is 9.62. The molecule has 2 N–H and O–H groups in total. The van der Waals surface area contributed by atoms with Crippen molar-refractivity contribution in [2.45, 2.75) is 6.18 Å². The Balaban J connectivity index is 1.38. The molecule has 0 aliphatic heterocycles. The highest BCUT2D eigenvalue weighted by molar-refractivity contribution is 6.05. The molecule has 0 aliphatic rings. The molecular formula is C22H16F3N5O3. The van der Waals surface area contributed by atoms with Gasteiger partial charge in [0.2, 0.25) is 0 Å². The SMILES string of the molecule is O=C(COn1nnc2ccccc21)Nc1cccc(C(=O)Nc2cccc(C(F)(F)F)c2)c1. The maximum atomic E-state index is 12.9. The van der Waals surface area contributed by atoms with E-state index in [-0.39, 0.29) is 17.9 Å². The summed E-state index contributed by atoms with van der Waals surface area (Å²) in [6.07, 6.45) is -4.52. The summed E-state index contributed by atoms with van der Waals surface area (Å²) in [7, 11) is 0. The summed E-state index contributed by atoms with van der Waals surface area (Å²) in [5.41, 5.74) is 0.785. The molecule has 4 rings (SSSR count). The molecule has 2 amide bonds. The standard InChI is InChI=1S/C22H16F3N5O3/c23-22(24,25)15-6-4-8-17(12-15)27-21(32)14-5-3-7-16(11-14)26-20(31)13-33-30-19-10-2-1-9-18(19)28-29-30/h1-12H,13H2,(H,26,31)(H,27,32). The Morgan fingerprint density at radius 2 is 1.64 bits per heavy atom. The number of benzene rings is 3. The van der Waals surface area contributed by atoms with Crippen molar-refractivity contribution in [2.24, 2.45) is 0 Å². The molecule has 1 heterocycles. The number of carbonyl (C=O) groups is 2. The molecule has 0 atom stereocenters. The smallest absolute Gasteiger partial charge is 0.385 e. The Morgan fingerprint density at radius 3 is 2.42 bits per heavy atom. The van der Waals surface area contributed by atoms with Crippen LogP contribution in [0.25, 0.3) is 11.0 Å². The molecule has 0 spiro atoms. The fourth-order valence-corrected chi connectivity index (χ4v) is 2.97. The molecule has 0 saturated carbocycles. The zero-order valence-electron chi connectivity index (χ0n) is 16.8. The van der Waals surface area contributed by atoms with Gasteiger partial charge in [-0.2, -0.15) is 13.2 Å². The highest BCUT2D eigenvalue weighted by Gasteiger charge is 2.30. The first kappa shape index (κ1) is 21.8. The lowest BCUT2D eigenvalue weighted by atomic mass is 10.1. The molecule has 0 bridgehead atoms. The number of alkyl halides is 3. The second-order valence-corrected chi connectivity index (χ2v) is 6.89. The van der Waals surface area contributed by atoms with Gasteiger partial charge in [0, 0.05) is 16.9 Å². The van der Waals surface area contributed by atoms with Gasteiger partial charge in [-0.3, -0.25) is 9.59 Å². The van der Waals surface area contributed by atoms with Gasteiger partial charge < -0.3 is 15.5 Å². The number of carbonyl (C=O) groups excluding carboxylic acids is 2. The Bertz CT molecular complexity index is 1320. The van der Waals surface area contributed by atoms with E-state index in [0.717, 1.165) is 17.0 Å². The molecule has 33 heavy (non-hydrogen) atoms. The molecule has 0 radical (unpaired) electrons. The first-order chi connectivity index (χ1) is 15.8. The first-order valence-corrected chi connectivity index (χ1v) is 9.62. The number of fused-ring (bicyclic) bond motifs is 1. The number of anilines is 2. The minimum atomic E-state index is -4.52. The number of aromatic nitrogens is 3. The lowest BCUT2D eigenvalue weighted by molar-refractivity contribution is -0.137. The van der Waals surface area contributed by atoms with Gasteiger partial charge >= 0.3 is 6.18 Å². The molecule has 0 aliphatic carbocycles. The molecule has 0 saturated heterocycles. The second-order valence-electron chi connectivity index (χ2n) is 6.89. The summed E-state index contributed by atoms with van der Waals surface area (Å²) < 4.78 is 38.6. The average molecular weight is 455 g/mol. The van der Waals surface area contributed by atoms with Crippen LogP contribution in [0, 0.1) is 0 Å². The van der Waals surface area contributed by atoms with Crippen LogP contribution < -0.4 is 15.5 Å². The van der Waals surface area contributed by atoms with Gasteiger partial charge in [-0.15, -0.1) is 5.10 Å². The summed E-state index contributed by atoms with van der Waals surface area (Å²) in [6.45, 7) is -0.367. The molecule has 0 fully saturated rings. The summed E-state index contributed by atoms with van der Waals surface area (Å²) in [6, 6.07) is 17.3. The van der Waals surface area contributed by atoms with Crippen molar-refractivity contribution in [3.05, 3.63) is 83.9 Å². The van der Waals surface area contributed by atoms with Gasteiger partial charge in [0.15, 0.2) is 6.61 Å². The van der Waals surface area contributed by atoms with Gasteiger partial charge in [-0.1, -0.05) is 29.1 Å². The normalized spacial score (nSPS) is 11.2. The predicted molar refractivity (Wildman–Crippen MR) is 113 cm³/mol. The van der Waals surface area contributed by atoms with Gasteiger partial charge in [0.25, 0.3) is 11.8 Å². The minimum Gasteiger partial charge on any atom is -0.385 e. The largest absolute Gasteiger partial charge is 0.416 e. The van der Waals surface area contributed by atoms with Crippen LogP contribution in [-0.4, -0.2) is 33.6 Å². The number of rotatable bonds is 6. The van der Waals surface area contributed by atoms with Crippen LogP contribution in [0.2, 0.25) is 0 Å². The number of hydrogen-bond donors (Lipinski definition) is 2. The van der Waals surface area contributed by atoms with E-state index < -0.39 is 23.6 Å². The number of hydrogen-bond acceptors (Lipinski definition) is 5. The summed E-state index contributed by atoms with van der Waals surface area (Å²) >= 11 is 0. The molecule has 168 valence electrons. The van der Waals surface area contributed by atoms with Gasteiger partial charge in [-0.25, -0.2) is 0 Å². The number of nitrogens with zero attached hydrogens (tertiary/aromatic N) is 3. The van der Waals surface area contributed by atoms with Gasteiger partial charge in [-0.05, 0) is 53.7 Å². The topological polar surface area (TPSA) is 98.1 Å². The van der Waals surface area contributed by atoms with E-state index in [1.54, 1.807) is 30.3 Å². The quantitative estimate of drug-likeness (QED) is 0.461. The van der Waals surface area contributed by atoms with Crippen molar-refractivity contribution >= 4 is 34.2 Å². The van der Waals surface area contributed by atoms with E-state index in [1.165, 1.54) is 30.3 Å². The third kappa shape index (κ3) is 5.26. The molecular weight excluding hydrogens is 439 g/mol. The average Bonchev–Trinajstić information content (AvgIpc) is 3.21. The van der Waals surface area contributed by atoms with Crippen molar-refractivity contribution in [1.29, 1.82) is 0 Å². The van der Waals surface area contributed by atoms with Crippen molar-refractivity contribution in [3.8, 4) is 0 Å². The van der Waals surface area contributed by atoms with Crippen LogP contribution in [0.1, 0.15) is 15.9 Å². The molecule has 8 nitrogen and oxygen atoms in total. The Morgan fingerprint density at radius 1 is 0.909 bits per heavy atom. The monoisotopic (exact) mass is 455 g/mol. The van der Waals surface area contributed by atoms with Crippen LogP contribution in [0.15, 0.2) is 72.8 Å². The van der Waals surface area contributed by atoms with E-state index in [1.807, 2.05) is 0 Å². The van der Waals surface area contributed by atoms with E-state index in [9.17, 15) is 22.8 Å². The van der Waals surface area contributed by atoms with Crippen molar-refractivity contribution < 1.29 is 27.6 Å². The fraction of sp³-hybridized carbons (Fsp3) is 0.0909. The molecule has 11 heteroatoms. The van der Waals surface area contributed by atoms with Crippen LogP contribution in [0.4, 0.5) is 24.5 Å².